The molecule has 0 aliphatic carbocycles. The largest absolute Gasteiger partial charge is 0.301 e. The lowest BCUT2D eigenvalue weighted by Gasteiger charge is -2.25. The Morgan fingerprint density at radius 1 is 1.42 bits per heavy atom. The summed E-state index contributed by atoms with van der Waals surface area (Å²) in [7, 11) is -0.550. The predicted octanol–water partition coefficient (Wildman–Crippen LogP) is 0.464. The molecule has 1 aliphatic heterocycles. The smallest absolute Gasteiger partial charge is 0.0363 e. The highest BCUT2D eigenvalue weighted by Crippen LogP contribution is 2.01. The fourth-order valence-electron chi connectivity index (χ4n) is 1.30. The summed E-state index contributed by atoms with van der Waals surface area (Å²) < 4.78 is 11.0. The Kier molecular flexibility index (Phi) is 4.34. The van der Waals surface area contributed by atoms with E-state index in [0.717, 1.165) is 44.0 Å². The Morgan fingerprint density at radius 3 is 2.67 bits per heavy atom. The van der Waals surface area contributed by atoms with Gasteiger partial charge in [-0.3, -0.25) is 4.21 Å². The van der Waals surface area contributed by atoms with Gasteiger partial charge in [0.05, 0.1) is 0 Å². The van der Waals surface area contributed by atoms with Gasteiger partial charge in [0.1, 0.15) is 0 Å². The molecule has 0 bridgehead atoms. The van der Waals surface area contributed by atoms with Crippen LogP contribution in [-0.2, 0) is 10.8 Å². The molecule has 0 saturated carbocycles. The maximum Gasteiger partial charge on any atom is 0.0363 e. The zero-order valence-electron chi connectivity index (χ0n) is 7.29. The molecule has 0 radical (unpaired) electrons. The summed E-state index contributed by atoms with van der Waals surface area (Å²) in [4.78, 5) is 2.35. The number of hydrogen-bond acceptors (Lipinski definition) is 2. The van der Waals surface area contributed by atoms with E-state index < -0.39 is 10.8 Å². The Labute approximate surface area is 76.8 Å². The summed E-state index contributed by atoms with van der Waals surface area (Å²) in [6, 6.07) is 0. The number of unbranched alkanes of at least 4 members (excludes halogenated alkanes) is 1. The summed E-state index contributed by atoms with van der Waals surface area (Å²) in [5.41, 5.74) is 0. The molecule has 0 atom stereocenters. The molecular weight excluding hydrogens is 170 g/mol. The molecule has 1 rings (SSSR count). The van der Waals surface area contributed by atoms with Crippen molar-refractivity contribution in [2.75, 3.05) is 31.1 Å². The molecule has 0 amide bonds. The van der Waals surface area contributed by atoms with Gasteiger partial charge in [-0.1, -0.05) is 0 Å². The minimum absolute atomic E-state index is 0.550. The molecule has 68 valence electrons. The van der Waals surface area contributed by atoms with Gasteiger partial charge < -0.3 is 4.90 Å². The maximum atomic E-state index is 11.0. The third-order valence-corrected chi connectivity index (χ3v) is 3.34. The average molecular weight is 185 g/mol. The Balaban J connectivity index is 2.10. The number of nitrogens with zero attached hydrogens (tertiary/aromatic N) is 1. The molecule has 12 heavy (non-hydrogen) atoms. The van der Waals surface area contributed by atoms with Crippen molar-refractivity contribution >= 4 is 10.8 Å². The van der Waals surface area contributed by atoms with Crippen LogP contribution in [0.15, 0.2) is 0 Å². The van der Waals surface area contributed by atoms with Crippen molar-refractivity contribution in [2.24, 2.45) is 0 Å². The first-order valence-corrected chi connectivity index (χ1v) is 5.82. The van der Waals surface area contributed by atoms with Gasteiger partial charge in [0.15, 0.2) is 0 Å². The molecule has 1 heterocycles. The third kappa shape index (κ3) is 3.38. The van der Waals surface area contributed by atoms with Crippen LogP contribution in [0.5, 0.6) is 0 Å². The van der Waals surface area contributed by atoms with Crippen LogP contribution in [-0.4, -0.2) is 40.2 Å². The summed E-state index contributed by atoms with van der Waals surface area (Å²) >= 11 is 0. The van der Waals surface area contributed by atoms with Gasteiger partial charge in [-0.05, 0) is 13.0 Å². The van der Waals surface area contributed by atoms with Crippen molar-refractivity contribution in [3.63, 3.8) is 0 Å². The first-order valence-electron chi connectivity index (χ1n) is 4.33. The van der Waals surface area contributed by atoms with E-state index >= 15 is 0 Å². The fraction of sp³-hybridized carbons (Fsp3) is 0.778. The van der Waals surface area contributed by atoms with Gasteiger partial charge in [0, 0.05) is 41.8 Å². The SMILES string of the molecule is C#CCCCN1CCS(=O)CC1. The summed E-state index contributed by atoms with van der Waals surface area (Å²) in [5.74, 6) is 4.32. The van der Waals surface area contributed by atoms with Crippen molar-refractivity contribution < 1.29 is 4.21 Å². The van der Waals surface area contributed by atoms with E-state index in [2.05, 4.69) is 10.8 Å². The minimum atomic E-state index is -0.550. The van der Waals surface area contributed by atoms with Gasteiger partial charge in [0.25, 0.3) is 0 Å². The molecule has 1 saturated heterocycles. The Morgan fingerprint density at radius 2 is 2.08 bits per heavy atom. The molecule has 2 nitrogen and oxygen atoms in total. The van der Waals surface area contributed by atoms with Crippen molar-refractivity contribution in [3.05, 3.63) is 0 Å². The van der Waals surface area contributed by atoms with Crippen LogP contribution in [0.1, 0.15) is 12.8 Å². The van der Waals surface area contributed by atoms with Gasteiger partial charge in [0.2, 0.25) is 0 Å². The molecular formula is C9H15NOS. The quantitative estimate of drug-likeness (QED) is 0.470. The predicted molar refractivity (Wildman–Crippen MR) is 52.4 cm³/mol. The highest BCUT2D eigenvalue weighted by molar-refractivity contribution is 7.85. The van der Waals surface area contributed by atoms with Crippen LogP contribution in [0.2, 0.25) is 0 Å². The molecule has 0 aromatic rings. The standard InChI is InChI=1S/C9H15NOS/c1-2-3-4-5-10-6-8-12(11)9-7-10/h1H,3-9H2. The summed E-state index contributed by atoms with van der Waals surface area (Å²) in [6.07, 6.45) is 7.08. The highest BCUT2D eigenvalue weighted by atomic mass is 32.2. The normalized spacial score (nSPS) is 20.6. The molecule has 3 heteroatoms. The van der Waals surface area contributed by atoms with Crippen LogP contribution in [0.25, 0.3) is 0 Å². The second-order valence-corrected chi connectivity index (χ2v) is 4.69. The van der Waals surface area contributed by atoms with Gasteiger partial charge in [-0.15, -0.1) is 12.3 Å². The fourth-order valence-corrected chi connectivity index (χ4v) is 2.43. The Hall–Kier alpha value is -0.330. The minimum Gasteiger partial charge on any atom is -0.301 e. The van der Waals surface area contributed by atoms with E-state index in [1.165, 1.54) is 0 Å². The lowest BCUT2D eigenvalue weighted by atomic mass is 10.3. The molecule has 0 N–H and O–H groups in total. The van der Waals surface area contributed by atoms with E-state index in [-0.39, 0.29) is 0 Å². The number of rotatable bonds is 3. The van der Waals surface area contributed by atoms with Crippen LogP contribution >= 0.6 is 0 Å². The zero-order valence-corrected chi connectivity index (χ0v) is 8.11. The first kappa shape index (κ1) is 9.76. The van der Waals surface area contributed by atoms with Crippen LogP contribution in [0.3, 0.4) is 0 Å². The van der Waals surface area contributed by atoms with E-state index in [1.54, 1.807) is 0 Å². The van der Waals surface area contributed by atoms with E-state index in [9.17, 15) is 4.21 Å². The second-order valence-electron chi connectivity index (χ2n) is 3.00. The average Bonchev–Trinajstić information content (AvgIpc) is 2.09. The van der Waals surface area contributed by atoms with Gasteiger partial charge in [-0.25, -0.2) is 0 Å². The zero-order chi connectivity index (χ0) is 8.81. The van der Waals surface area contributed by atoms with Crippen LogP contribution < -0.4 is 0 Å². The topological polar surface area (TPSA) is 20.3 Å². The lowest BCUT2D eigenvalue weighted by Crippen LogP contribution is -2.38. The summed E-state index contributed by atoms with van der Waals surface area (Å²) in [5, 5.41) is 0. The van der Waals surface area contributed by atoms with E-state index in [0.29, 0.717) is 0 Å². The van der Waals surface area contributed by atoms with Crippen molar-refractivity contribution in [3.8, 4) is 12.3 Å². The highest BCUT2D eigenvalue weighted by Gasteiger charge is 2.13. The molecule has 1 fully saturated rings. The number of terminal acetylenes is 1. The molecule has 0 unspecified atom stereocenters. The molecule has 0 aromatic heterocycles. The second kappa shape index (κ2) is 5.34. The van der Waals surface area contributed by atoms with Crippen molar-refractivity contribution in [1.82, 2.24) is 4.90 Å². The molecule has 1 aliphatic rings. The summed E-state index contributed by atoms with van der Waals surface area (Å²) in [6.45, 7) is 3.04. The van der Waals surface area contributed by atoms with E-state index in [4.69, 9.17) is 6.42 Å². The van der Waals surface area contributed by atoms with Crippen LogP contribution in [0, 0.1) is 12.3 Å². The van der Waals surface area contributed by atoms with Crippen molar-refractivity contribution in [1.29, 1.82) is 0 Å². The van der Waals surface area contributed by atoms with E-state index in [1.807, 2.05) is 0 Å². The molecule has 0 spiro atoms. The first-order chi connectivity index (χ1) is 5.83. The van der Waals surface area contributed by atoms with Gasteiger partial charge in [-0.2, -0.15) is 0 Å². The lowest BCUT2D eigenvalue weighted by molar-refractivity contribution is 0.297. The van der Waals surface area contributed by atoms with Crippen LogP contribution in [0.4, 0.5) is 0 Å². The van der Waals surface area contributed by atoms with Crippen molar-refractivity contribution in [2.45, 2.75) is 12.8 Å². The maximum absolute atomic E-state index is 11.0. The number of hydrogen-bond donors (Lipinski definition) is 0. The monoisotopic (exact) mass is 185 g/mol. The Bertz CT molecular complexity index is 187. The molecule has 0 aromatic carbocycles. The van der Waals surface area contributed by atoms with Gasteiger partial charge >= 0.3 is 0 Å². The third-order valence-electron chi connectivity index (χ3n) is 2.07.